The highest BCUT2D eigenvalue weighted by atomic mass is 16.5. The van der Waals surface area contributed by atoms with E-state index in [2.05, 4.69) is 59.0 Å². The molecule has 2 aromatic heterocycles. The van der Waals surface area contributed by atoms with E-state index < -0.39 is 0 Å². The number of benzene rings is 1. The summed E-state index contributed by atoms with van der Waals surface area (Å²) < 4.78 is 17.5. The maximum atomic E-state index is 6.51. The van der Waals surface area contributed by atoms with E-state index in [1.807, 2.05) is 30.3 Å². The number of anilines is 3. The van der Waals surface area contributed by atoms with Gasteiger partial charge in [0.15, 0.2) is 12.0 Å². The van der Waals surface area contributed by atoms with Crippen molar-refractivity contribution in [2.24, 2.45) is 5.92 Å². The monoisotopic (exact) mass is 502 g/mol. The van der Waals surface area contributed by atoms with E-state index in [0.29, 0.717) is 11.6 Å². The van der Waals surface area contributed by atoms with Crippen molar-refractivity contribution in [2.75, 3.05) is 50.7 Å². The Morgan fingerprint density at radius 2 is 1.89 bits per heavy atom. The molecule has 9 heteroatoms. The van der Waals surface area contributed by atoms with Crippen molar-refractivity contribution in [3.05, 3.63) is 65.6 Å². The third-order valence-corrected chi connectivity index (χ3v) is 6.55. The number of hydrogen-bond acceptors (Lipinski definition) is 9. The van der Waals surface area contributed by atoms with E-state index in [4.69, 9.17) is 19.2 Å². The highest BCUT2D eigenvalue weighted by molar-refractivity contribution is 5.88. The SMILES string of the molecule is COc1cc(C)cc(C2=C(c3ccnc(Nc4ccc(N5CCOCC5)nc4)n3)OC(C(C)C)N2C)c1. The second kappa shape index (κ2) is 10.6. The molecule has 37 heavy (non-hydrogen) atoms. The summed E-state index contributed by atoms with van der Waals surface area (Å²) in [5, 5.41) is 3.29. The van der Waals surface area contributed by atoms with Gasteiger partial charge in [0.2, 0.25) is 5.95 Å². The number of rotatable bonds is 7. The van der Waals surface area contributed by atoms with Crippen molar-refractivity contribution in [3.63, 3.8) is 0 Å². The van der Waals surface area contributed by atoms with Crippen molar-refractivity contribution < 1.29 is 14.2 Å². The molecule has 0 aliphatic carbocycles. The fourth-order valence-electron chi connectivity index (χ4n) is 4.76. The van der Waals surface area contributed by atoms with Crippen LogP contribution in [0.15, 0.2) is 48.8 Å². The summed E-state index contributed by atoms with van der Waals surface area (Å²) in [6, 6.07) is 12.1. The Hall–Kier alpha value is -3.85. The van der Waals surface area contributed by atoms with Crippen LogP contribution in [0.2, 0.25) is 0 Å². The van der Waals surface area contributed by atoms with Crippen LogP contribution in [0.3, 0.4) is 0 Å². The second-order valence-corrected chi connectivity index (χ2v) is 9.67. The predicted molar refractivity (Wildman–Crippen MR) is 145 cm³/mol. The van der Waals surface area contributed by atoms with Crippen LogP contribution in [-0.4, -0.2) is 66.5 Å². The van der Waals surface area contributed by atoms with Gasteiger partial charge in [-0.05, 0) is 48.9 Å². The largest absolute Gasteiger partial charge is 0.497 e. The van der Waals surface area contributed by atoms with Crippen LogP contribution in [0, 0.1) is 12.8 Å². The van der Waals surface area contributed by atoms with Crippen LogP contribution in [0.25, 0.3) is 11.5 Å². The van der Waals surface area contributed by atoms with Crippen molar-refractivity contribution in [2.45, 2.75) is 27.0 Å². The number of aryl methyl sites for hydroxylation is 1. The average molecular weight is 503 g/mol. The van der Waals surface area contributed by atoms with E-state index in [1.54, 1.807) is 19.5 Å². The molecule has 0 amide bonds. The molecule has 0 spiro atoms. The Balaban J connectivity index is 1.45. The molecule has 0 radical (unpaired) electrons. The first-order chi connectivity index (χ1) is 17.9. The van der Waals surface area contributed by atoms with E-state index in [-0.39, 0.29) is 12.1 Å². The minimum Gasteiger partial charge on any atom is -0.497 e. The van der Waals surface area contributed by atoms with Crippen LogP contribution >= 0.6 is 0 Å². The van der Waals surface area contributed by atoms with E-state index in [9.17, 15) is 0 Å². The Labute approximate surface area is 218 Å². The number of pyridine rings is 1. The van der Waals surface area contributed by atoms with Crippen LogP contribution in [0.4, 0.5) is 17.5 Å². The molecule has 2 aliphatic rings. The van der Waals surface area contributed by atoms with Gasteiger partial charge >= 0.3 is 0 Å². The van der Waals surface area contributed by atoms with Crippen molar-refractivity contribution in [3.8, 4) is 5.75 Å². The van der Waals surface area contributed by atoms with Gasteiger partial charge in [-0.15, -0.1) is 0 Å². The van der Waals surface area contributed by atoms with Crippen molar-refractivity contribution in [1.82, 2.24) is 19.9 Å². The first-order valence-electron chi connectivity index (χ1n) is 12.6. The molecule has 0 saturated carbocycles. The van der Waals surface area contributed by atoms with E-state index in [0.717, 1.165) is 66.1 Å². The number of nitrogens with zero attached hydrogens (tertiary/aromatic N) is 5. The fraction of sp³-hybridized carbons (Fsp3) is 0.393. The summed E-state index contributed by atoms with van der Waals surface area (Å²) in [6.45, 7) is 9.52. The topological polar surface area (TPSA) is 84.9 Å². The molecule has 1 fully saturated rings. The van der Waals surface area contributed by atoms with Gasteiger partial charge in [-0.3, -0.25) is 0 Å². The minimum absolute atomic E-state index is 0.111. The molecule has 1 aromatic carbocycles. The highest BCUT2D eigenvalue weighted by Gasteiger charge is 2.35. The van der Waals surface area contributed by atoms with Crippen LogP contribution in [0.1, 0.15) is 30.7 Å². The normalized spacial score (nSPS) is 17.8. The molecule has 0 bridgehead atoms. The Morgan fingerprint density at radius 3 is 2.59 bits per heavy atom. The molecule has 1 unspecified atom stereocenters. The van der Waals surface area contributed by atoms with Crippen LogP contribution in [0.5, 0.6) is 5.75 Å². The number of aromatic nitrogens is 3. The van der Waals surface area contributed by atoms with Crippen molar-refractivity contribution in [1.29, 1.82) is 0 Å². The van der Waals surface area contributed by atoms with Gasteiger partial charge in [-0.25, -0.2) is 15.0 Å². The second-order valence-electron chi connectivity index (χ2n) is 9.67. The van der Waals surface area contributed by atoms with Gasteiger partial charge in [-0.1, -0.05) is 13.8 Å². The van der Waals surface area contributed by atoms with E-state index in [1.165, 1.54) is 0 Å². The van der Waals surface area contributed by atoms with E-state index >= 15 is 0 Å². The molecule has 1 N–H and O–H groups in total. The average Bonchev–Trinajstić information content (AvgIpc) is 3.27. The molecular weight excluding hydrogens is 468 g/mol. The summed E-state index contributed by atoms with van der Waals surface area (Å²) in [4.78, 5) is 18.3. The lowest BCUT2D eigenvalue weighted by atomic mass is 10.0. The van der Waals surface area contributed by atoms with Crippen LogP contribution in [-0.2, 0) is 9.47 Å². The molecule has 1 atom stereocenters. The summed E-state index contributed by atoms with van der Waals surface area (Å²) in [5.41, 5.74) is 4.63. The molecule has 4 heterocycles. The number of ether oxygens (including phenoxy) is 3. The quantitative estimate of drug-likeness (QED) is 0.500. The van der Waals surface area contributed by atoms with Gasteiger partial charge in [-0.2, -0.15) is 0 Å². The lowest BCUT2D eigenvalue weighted by Crippen LogP contribution is -2.36. The van der Waals surface area contributed by atoms with Gasteiger partial charge in [0.1, 0.15) is 17.3 Å². The molecule has 1 saturated heterocycles. The lowest BCUT2D eigenvalue weighted by molar-refractivity contribution is 0.0464. The van der Waals surface area contributed by atoms with Crippen LogP contribution < -0.4 is 15.0 Å². The standard InChI is InChI=1S/C28H34N6O3/c1-18(2)27-33(4)25(20-14-19(3)15-22(16-20)35-5)26(37-27)23-8-9-29-28(32-23)31-21-6-7-24(30-17-21)34-10-12-36-13-11-34/h6-9,14-18,27H,10-13H2,1-5H3,(H,29,31,32). The smallest absolute Gasteiger partial charge is 0.227 e. The molecular formula is C28H34N6O3. The van der Waals surface area contributed by atoms with Gasteiger partial charge in [0.25, 0.3) is 0 Å². The number of methoxy groups -OCH3 is 1. The summed E-state index contributed by atoms with van der Waals surface area (Å²) in [5.74, 6) is 3.22. The fourth-order valence-corrected chi connectivity index (χ4v) is 4.76. The molecule has 9 nitrogen and oxygen atoms in total. The lowest BCUT2D eigenvalue weighted by Gasteiger charge is -2.27. The maximum Gasteiger partial charge on any atom is 0.227 e. The third kappa shape index (κ3) is 5.32. The zero-order chi connectivity index (χ0) is 25.9. The molecule has 5 rings (SSSR count). The molecule has 3 aromatic rings. The minimum atomic E-state index is -0.111. The molecule has 194 valence electrons. The summed E-state index contributed by atoms with van der Waals surface area (Å²) in [6.07, 6.45) is 3.44. The Bertz CT molecular complexity index is 1270. The third-order valence-electron chi connectivity index (χ3n) is 6.55. The number of hydrogen-bond donors (Lipinski definition) is 1. The zero-order valence-corrected chi connectivity index (χ0v) is 22.1. The van der Waals surface area contributed by atoms with Gasteiger partial charge in [0.05, 0.1) is 37.9 Å². The number of nitrogens with one attached hydrogen (secondary N) is 1. The summed E-state index contributed by atoms with van der Waals surface area (Å²) >= 11 is 0. The van der Waals surface area contributed by atoms with Crippen molar-refractivity contribution >= 4 is 28.9 Å². The first-order valence-corrected chi connectivity index (χ1v) is 12.6. The predicted octanol–water partition coefficient (Wildman–Crippen LogP) is 4.54. The summed E-state index contributed by atoms with van der Waals surface area (Å²) in [7, 11) is 3.74. The zero-order valence-electron chi connectivity index (χ0n) is 22.1. The van der Waals surface area contributed by atoms with Gasteiger partial charge in [0, 0.05) is 37.8 Å². The first kappa shape index (κ1) is 24.8. The molecule has 2 aliphatic heterocycles. The Kier molecular flexibility index (Phi) is 7.14. The number of morpholine rings is 1. The maximum absolute atomic E-state index is 6.51. The van der Waals surface area contributed by atoms with Gasteiger partial charge < -0.3 is 29.3 Å². The highest BCUT2D eigenvalue weighted by Crippen LogP contribution is 2.40. The Morgan fingerprint density at radius 1 is 1.08 bits per heavy atom.